The summed E-state index contributed by atoms with van der Waals surface area (Å²) in [4.78, 5) is 10.2. The zero-order valence-electron chi connectivity index (χ0n) is 4.33. The molecule has 0 aliphatic carbocycles. The van der Waals surface area contributed by atoms with Crippen molar-refractivity contribution in [3.05, 3.63) is 12.8 Å². The van der Waals surface area contributed by atoms with Gasteiger partial charge in [-0.05, 0) is 0 Å². The van der Waals surface area contributed by atoms with E-state index in [0.29, 0.717) is 0 Å². The molecule has 0 fully saturated rings. The van der Waals surface area contributed by atoms with E-state index in [4.69, 9.17) is 11.5 Å². The fraction of sp³-hybridized carbons (Fsp3) is 0.250. The van der Waals surface area contributed by atoms with Crippen molar-refractivity contribution in [1.29, 1.82) is 0 Å². The number of carbonyl (C=O) groups excluding carboxylic acids is 1. The van der Waals surface area contributed by atoms with Crippen molar-refractivity contribution < 1.29 is 9.53 Å². The van der Waals surface area contributed by atoms with E-state index in [1.165, 1.54) is 0 Å². The first-order valence-corrected chi connectivity index (χ1v) is 2.01. The highest BCUT2D eigenvalue weighted by Gasteiger charge is 2.05. The zero-order chi connectivity index (χ0) is 6.57. The number of ether oxygens (including phenoxy) is 1. The standard InChI is InChI=1S/C4H8N2O2/c1-2-8-4(7)3(5)6/h2-3H,1,5-6H2. The van der Waals surface area contributed by atoms with Crippen LogP contribution >= 0.6 is 0 Å². The van der Waals surface area contributed by atoms with Gasteiger partial charge in [-0.25, -0.2) is 4.79 Å². The van der Waals surface area contributed by atoms with Crippen LogP contribution in [0.15, 0.2) is 12.8 Å². The highest BCUT2D eigenvalue weighted by atomic mass is 16.5. The number of carbonyl (C=O) groups is 1. The van der Waals surface area contributed by atoms with Crippen LogP contribution in [-0.2, 0) is 9.53 Å². The van der Waals surface area contributed by atoms with Crippen molar-refractivity contribution in [2.45, 2.75) is 6.17 Å². The lowest BCUT2D eigenvalue weighted by Crippen LogP contribution is -2.39. The number of nitrogens with two attached hydrogens (primary N) is 2. The first-order valence-electron chi connectivity index (χ1n) is 2.01. The van der Waals surface area contributed by atoms with Crippen molar-refractivity contribution >= 4 is 5.97 Å². The number of hydrogen-bond acceptors (Lipinski definition) is 4. The average Bonchev–Trinajstić information content (AvgIpc) is 1.67. The van der Waals surface area contributed by atoms with E-state index < -0.39 is 12.1 Å². The van der Waals surface area contributed by atoms with E-state index in [0.717, 1.165) is 6.26 Å². The van der Waals surface area contributed by atoms with Crippen molar-refractivity contribution in [3.63, 3.8) is 0 Å². The van der Waals surface area contributed by atoms with Crippen molar-refractivity contribution in [2.75, 3.05) is 0 Å². The predicted octanol–water partition coefficient (Wildman–Crippen LogP) is -1.08. The van der Waals surface area contributed by atoms with Crippen LogP contribution in [-0.4, -0.2) is 12.1 Å². The summed E-state index contributed by atoms with van der Waals surface area (Å²) in [5, 5.41) is 0. The number of rotatable bonds is 2. The molecule has 0 aromatic rings. The van der Waals surface area contributed by atoms with Gasteiger partial charge < -0.3 is 16.2 Å². The quantitative estimate of drug-likeness (QED) is 0.273. The topological polar surface area (TPSA) is 78.3 Å². The maximum absolute atomic E-state index is 10.2. The summed E-state index contributed by atoms with van der Waals surface area (Å²) in [6.45, 7) is 3.13. The van der Waals surface area contributed by atoms with Gasteiger partial charge in [0.25, 0.3) is 0 Å². The van der Waals surface area contributed by atoms with Crippen LogP contribution in [0.3, 0.4) is 0 Å². The Morgan fingerprint density at radius 1 is 1.75 bits per heavy atom. The summed E-state index contributed by atoms with van der Waals surface area (Å²) in [6, 6.07) is 0. The molecule has 8 heavy (non-hydrogen) atoms. The Labute approximate surface area is 47.1 Å². The second-order valence-electron chi connectivity index (χ2n) is 1.13. The molecule has 0 spiro atoms. The van der Waals surface area contributed by atoms with Crippen molar-refractivity contribution in [1.82, 2.24) is 0 Å². The van der Waals surface area contributed by atoms with Gasteiger partial charge >= 0.3 is 5.97 Å². The maximum Gasteiger partial charge on any atom is 0.342 e. The molecule has 0 heterocycles. The molecule has 0 amide bonds. The minimum atomic E-state index is -1.06. The van der Waals surface area contributed by atoms with E-state index in [-0.39, 0.29) is 0 Å². The Hall–Kier alpha value is -0.870. The van der Waals surface area contributed by atoms with Crippen LogP contribution in [0.2, 0.25) is 0 Å². The Morgan fingerprint density at radius 3 is 2.38 bits per heavy atom. The number of esters is 1. The Balaban J connectivity index is 3.48. The molecule has 0 saturated carbocycles. The molecular formula is C4H8N2O2. The van der Waals surface area contributed by atoms with Crippen LogP contribution < -0.4 is 11.5 Å². The first kappa shape index (κ1) is 7.13. The molecule has 4 nitrogen and oxygen atoms in total. The summed E-state index contributed by atoms with van der Waals surface area (Å²) in [6.07, 6.45) is -0.0808. The van der Waals surface area contributed by atoms with E-state index in [2.05, 4.69) is 11.3 Å². The van der Waals surface area contributed by atoms with Crippen molar-refractivity contribution in [3.8, 4) is 0 Å². The van der Waals surface area contributed by atoms with Crippen LogP contribution in [0.4, 0.5) is 0 Å². The minimum Gasteiger partial charge on any atom is -0.433 e. The predicted molar refractivity (Wildman–Crippen MR) is 28.5 cm³/mol. The van der Waals surface area contributed by atoms with Gasteiger partial charge in [-0.3, -0.25) is 0 Å². The normalized spacial score (nSPS) is 8.88. The molecule has 4 heteroatoms. The average molecular weight is 116 g/mol. The van der Waals surface area contributed by atoms with Gasteiger partial charge in [-0.2, -0.15) is 0 Å². The molecule has 46 valence electrons. The second-order valence-corrected chi connectivity index (χ2v) is 1.13. The molecule has 4 N–H and O–H groups in total. The fourth-order valence-electron chi connectivity index (χ4n) is 0.161. The Morgan fingerprint density at radius 2 is 2.25 bits per heavy atom. The monoisotopic (exact) mass is 116 g/mol. The molecule has 0 radical (unpaired) electrons. The molecule has 0 aromatic carbocycles. The lowest BCUT2D eigenvalue weighted by atomic mass is 10.6. The third-order valence-corrected chi connectivity index (χ3v) is 0.472. The summed E-state index contributed by atoms with van der Waals surface area (Å²) in [5.74, 6) is -0.681. The van der Waals surface area contributed by atoms with Gasteiger partial charge in [0.2, 0.25) is 0 Å². The minimum absolute atomic E-state index is 0.681. The van der Waals surface area contributed by atoms with Gasteiger partial charge in [0.1, 0.15) is 0 Å². The highest BCUT2D eigenvalue weighted by molar-refractivity contribution is 5.75. The highest BCUT2D eigenvalue weighted by Crippen LogP contribution is 1.76. The van der Waals surface area contributed by atoms with Crippen LogP contribution in [0.1, 0.15) is 0 Å². The molecule has 0 atom stereocenters. The van der Waals surface area contributed by atoms with Crippen LogP contribution in [0.5, 0.6) is 0 Å². The summed E-state index contributed by atoms with van der Waals surface area (Å²) >= 11 is 0. The van der Waals surface area contributed by atoms with E-state index >= 15 is 0 Å². The lowest BCUT2D eigenvalue weighted by Gasteiger charge is -1.99. The van der Waals surface area contributed by atoms with Gasteiger partial charge in [-0.1, -0.05) is 6.58 Å². The maximum atomic E-state index is 10.2. The zero-order valence-corrected chi connectivity index (χ0v) is 4.33. The van der Waals surface area contributed by atoms with E-state index in [9.17, 15) is 4.79 Å². The molecule has 0 aromatic heterocycles. The molecule has 0 aliphatic rings. The largest absolute Gasteiger partial charge is 0.433 e. The molecule has 0 bridgehead atoms. The second kappa shape index (κ2) is 3.17. The lowest BCUT2D eigenvalue weighted by molar-refractivity contribution is -0.139. The van der Waals surface area contributed by atoms with Crippen LogP contribution in [0, 0.1) is 0 Å². The number of hydrogen-bond donors (Lipinski definition) is 2. The summed E-state index contributed by atoms with van der Waals surface area (Å²) in [5.41, 5.74) is 9.75. The first-order chi connectivity index (χ1) is 3.68. The summed E-state index contributed by atoms with van der Waals surface area (Å²) in [7, 11) is 0. The van der Waals surface area contributed by atoms with E-state index in [1.807, 2.05) is 0 Å². The molecule has 0 rings (SSSR count). The van der Waals surface area contributed by atoms with Crippen molar-refractivity contribution in [2.24, 2.45) is 11.5 Å². The third kappa shape index (κ3) is 2.33. The van der Waals surface area contributed by atoms with Gasteiger partial charge in [0.05, 0.1) is 6.26 Å². The SMILES string of the molecule is C=COC(=O)C(N)N. The van der Waals surface area contributed by atoms with Gasteiger partial charge in [0, 0.05) is 0 Å². The smallest absolute Gasteiger partial charge is 0.342 e. The molecule has 0 saturated heterocycles. The van der Waals surface area contributed by atoms with E-state index in [1.54, 1.807) is 0 Å². The molecule has 0 aliphatic heterocycles. The molecular weight excluding hydrogens is 108 g/mol. The Kier molecular flexibility index (Phi) is 2.83. The summed E-state index contributed by atoms with van der Waals surface area (Å²) < 4.78 is 4.18. The third-order valence-electron chi connectivity index (χ3n) is 0.472. The van der Waals surface area contributed by atoms with Crippen LogP contribution in [0.25, 0.3) is 0 Å². The Bertz CT molecular complexity index is 100. The van der Waals surface area contributed by atoms with Gasteiger partial charge in [-0.15, -0.1) is 0 Å². The molecule has 0 unspecified atom stereocenters. The fourth-order valence-corrected chi connectivity index (χ4v) is 0.161. The van der Waals surface area contributed by atoms with Gasteiger partial charge in [0.15, 0.2) is 6.17 Å².